The van der Waals surface area contributed by atoms with Crippen LogP contribution in [0.5, 0.6) is 0 Å². The fourth-order valence-electron chi connectivity index (χ4n) is 3.87. The minimum atomic E-state index is 0.374. The van der Waals surface area contributed by atoms with Gasteiger partial charge in [-0.15, -0.1) is 0 Å². The molecule has 1 saturated carbocycles. The molecule has 1 spiro atoms. The number of nitrogens with zero attached hydrogens (tertiary/aromatic N) is 2. The minimum Gasteiger partial charge on any atom is -0.311 e. The van der Waals surface area contributed by atoms with Crippen LogP contribution in [0.25, 0.3) is 0 Å². The monoisotopic (exact) mass is 351 g/mol. The van der Waals surface area contributed by atoms with Crippen LogP contribution < -0.4 is 5.32 Å². The van der Waals surface area contributed by atoms with Crippen LogP contribution in [0, 0.1) is 0 Å². The number of pyridine rings is 1. The zero-order valence-corrected chi connectivity index (χ0v) is 14.5. The second-order valence-corrected chi connectivity index (χ2v) is 7.54. The third-order valence-electron chi connectivity index (χ3n) is 5.25. The number of halogens is 1. The predicted octanol–water partition coefficient (Wildman–Crippen LogP) is 3.73. The zero-order chi connectivity index (χ0) is 14.7. The molecule has 0 amide bonds. The maximum Gasteiger partial charge on any atom is 0.0545 e. The van der Waals surface area contributed by atoms with E-state index >= 15 is 0 Å². The molecule has 2 aliphatic rings. The highest BCUT2D eigenvalue weighted by atomic mass is 79.9. The highest BCUT2D eigenvalue weighted by molar-refractivity contribution is 9.10. The van der Waals surface area contributed by atoms with Gasteiger partial charge in [-0.25, -0.2) is 0 Å². The average molecular weight is 352 g/mol. The SMILES string of the molecule is CCC1CN(Cc2ccc(Br)cn2)C2(CCCCC2)CN1. The van der Waals surface area contributed by atoms with Gasteiger partial charge in [-0.2, -0.15) is 0 Å². The molecule has 2 heterocycles. The van der Waals surface area contributed by atoms with Crippen molar-refractivity contribution in [3.8, 4) is 0 Å². The maximum atomic E-state index is 4.59. The molecule has 3 rings (SSSR count). The number of rotatable bonds is 3. The van der Waals surface area contributed by atoms with Crippen LogP contribution >= 0.6 is 15.9 Å². The van der Waals surface area contributed by atoms with Crippen molar-refractivity contribution in [3.63, 3.8) is 0 Å². The number of piperazine rings is 1. The van der Waals surface area contributed by atoms with Crippen LogP contribution in [0.4, 0.5) is 0 Å². The Balaban J connectivity index is 1.77. The van der Waals surface area contributed by atoms with Crippen molar-refractivity contribution in [2.75, 3.05) is 13.1 Å². The molecule has 1 aromatic heterocycles. The van der Waals surface area contributed by atoms with Crippen molar-refractivity contribution in [3.05, 3.63) is 28.5 Å². The molecule has 21 heavy (non-hydrogen) atoms. The van der Waals surface area contributed by atoms with E-state index in [0.29, 0.717) is 11.6 Å². The van der Waals surface area contributed by atoms with Gasteiger partial charge in [0.25, 0.3) is 0 Å². The predicted molar refractivity (Wildman–Crippen MR) is 90.2 cm³/mol. The summed E-state index contributed by atoms with van der Waals surface area (Å²) in [4.78, 5) is 7.32. The van der Waals surface area contributed by atoms with Gasteiger partial charge in [0.05, 0.1) is 5.69 Å². The molecule has 1 aromatic rings. The Morgan fingerprint density at radius 3 is 2.81 bits per heavy atom. The van der Waals surface area contributed by atoms with Gasteiger partial charge in [0, 0.05) is 41.9 Å². The first kappa shape index (κ1) is 15.4. The van der Waals surface area contributed by atoms with Gasteiger partial charge in [0.2, 0.25) is 0 Å². The summed E-state index contributed by atoms with van der Waals surface area (Å²) in [5, 5.41) is 3.78. The Morgan fingerprint density at radius 1 is 1.33 bits per heavy atom. The van der Waals surface area contributed by atoms with E-state index in [0.717, 1.165) is 24.1 Å². The van der Waals surface area contributed by atoms with Crippen LogP contribution in [-0.4, -0.2) is 34.6 Å². The van der Waals surface area contributed by atoms with E-state index in [4.69, 9.17) is 0 Å². The largest absolute Gasteiger partial charge is 0.311 e. The van der Waals surface area contributed by atoms with Gasteiger partial charge in [-0.3, -0.25) is 9.88 Å². The standard InChI is InChI=1S/C17H26BrN3/c1-2-15-11-21(12-16-7-6-14(18)10-19-16)17(13-20-15)8-4-3-5-9-17/h6-7,10,15,20H,2-5,8-9,11-13H2,1H3. The molecule has 1 aliphatic carbocycles. The lowest BCUT2D eigenvalue weighted by atomic mass is 9.78. The fourth-order valence-corrected chi connectivity index (χ4v) is 4.11. The third-order valence-corrected chi connectivity index (χ3v) is 5.72. The smallest absolute Gasteiger partial charge is 0.0545 e. The lowest BCUT2D eigenvalue weighted by molar-refractivity contribution is 0.00187. The topological polar surface area (TPSA) is 28.2 Å². The van der Waals surface area contributed by atoms with Gasteiger partial charge < -0.3 is 5.32 Å². The molecule has 0 radical (unpaired) electrons. The van der Waals surface area contributed by atoms with Crippen molar-refractivity contribution >= 4 is 15.9 Å². The summed E-state index contributed by atoms with van der Waals surface area (Å²) in [6, 6.07) is 4.90. The van der Waals surface area contributed by atoms with Gasteiger partial charge in [0.1, 0.15) is 0 Å². The average Bonchev–Trinajstić information content (AvgIpc) is 2.53. The lowest BCUT2D eigenvalue weighted by Crippen LogP contribution is -2.64. The lowest BCUT2D eigenvalue weighted by Gasteiger charge is -2.52. The van der Waals surface area contributed by atoms with Crippen molar-refractivity contribution in [2.24, 2.45) is 0 Å². The van der Waals surface area contributed by atoms with Crippen LogP contribution in [0.1, 0.15) is 51.1 Å². The number of hydrogen-bond donors (Lipinski definition) is 1. The molecule has 2 fully saturated rings. The van der Waals surface area contributed by atoms with Crippen molar-refractivity contribution in [2.45, 2.75) is 63.6 Å². The highest BCUT2D eigenvalue weighted by Crippen LogP contribution is 2.36. The van der Waals surface area contributed by atoms with Crippen LogP contribution in [0.15, 0.2) is 22.8 Å². The van der Waals surface area contributed by atoms with E-state index < -0.39 is 0 Å². The molecule has 1 atom stereocenters. The second-order valence-electron chi connectivity index (χ2n) is 6.62. The molecule has 4 heteroatoms. The van der Waals surface area contributed by atoms with Gasteiger partial charge >= 0.3 is 0 Å². The first-order valence-electron chi connectivity index (χ1n) is 8.31. The number of aromatic nitrogens is 1. The van der Waals surface area contributed by atoms with Crippen LogP contribution in [0.2, 0.25) is 0 Å². The third kappa shape index (κ3) is 3.49. The molecule has 3 nitrogen and oxygen atoms in total. The summed E-state index contributed by atoms with van der Waals surface area (Å²) >= 11 is 3.48. The summed E-state index contributed by atoms with van der Waals surface area (Å²) in [5.41, 5.74) is 1.57. The van der Waals surface area contributed by atoms with Gasteiger partial charge in [-0.05, 0) is 47.3 Å². The van der Waals surface area contributed by atoms with Crippen molar-refractivity contribution < 1.29 is 0 Å². The first-order chi connectivity index (χ1) is 10.2. The normalized spacial score (nSPS) is 26.1. The Hall–Kier alpha value is -0.450. The van der Waals surface area contributed by atoms with E-state index in [1.807, 2.05) is 6.20 Å². The second kappa shape index (κ2) is 6.76. The molecular formula is C17H26BrN3. The minimum absolute atomic E-state index is 0.374. The molecule has 116 valence electrons. The fraction of sp³-hybridized carbons (Fsp3) is 0.706. The highest BCUT2D eigenvalue weighted by Gasteiger charge is 2.41. The number of hydrogen-bond acceptors (Lipinski definition) is 3. The van der Waals surface area contributed by atoms with E-state index in [1.165, 1.54) is 44.2 Å². The Labute approximate surface area is 136 Å². The van der Waals surface area contributed by atoms with E-state index in [9.17, 15) is 0 Å². The molecule has 0 aromatic carbocycles. The Bertz CT molecular complexity index is 454. The Morgan fingerprint density at radius 2 is 2.14 bits per heavy atom. The Kier molecular flexibility index (Phi) is 4.97. The summed E-state index contributed by atoms with van der Waals surface area (Å²) in [6.45, 7) is 5.59. The van der Waals surface area contributed by atoms with Gasteiger partial charge in [-0.1, -0.05) is 26.2 Å². The van der Waals surface area contributed by atoms with Gasteiger partial charge in [0.15, 0.2) is 0 Å². The van der Waals surface area contributed by atoms with Crippen molar-refractivity contribution in [1.82, 2.24) is 15.2 Å². The first-order valence-corrected chi connectivity index (χ1v) is 9.10. The molecule has 1 saturated heterocycles. The van der Waals surface area contributed by atoms with E-state index in [1.54, 1.807) is 0 Å². The summed E-state index contributed by atoms with van der Waals surface area (Å²) < 4.78 is 1.06. The molecule has 1 N–H and O–H groups in total. The molecular weight excluding hydrogens is 326 g/mol. The molecule has 1 unspecified atom stereocenters. The zero-order valence-electron chi connectivity index (χ0n) is 12.9. The van der Waals surface area contributed by atoms with Crippen molar-refractivity contribution in [1.29, 1.82) is 0 Å². The van der Waals surface area contributed by atoms with Crippen LogP contribution in [0.3, 0.4) is 0 Å². The summed E-state index contributed by atoms with van der Waals surface area (Å²) in [7, 11) is 0. The quantitative estimate of drug-likeness (QED) is 0.899. The maximum absolute atomic E-state index is 4.59. The summed E-state index contributed by atoms with van der Waals surface area (Å²) in [5.74, 6) is 0. The van der Waals surface area contributed by atoms with Crippen LogP contribution in [-0.2, 0) is 6.54 Å². The van der Waals surface area contributed by atoms with E-state index in [2.05, 4.69) is 50.2 Å². The summed E-state index contributed by atoms with van der Waals surface area (Å²) in [6.07, 6.45) is 9.97. The van der Waals surface area contributed by atoms with E-state index in [-0.39, 0.29) is 0 Å². The molecule has 1 aliphatic heterocycles. The number of nitrogens with one attached hydrogen (secondary N) is 1. The molecule has 0 bridgehead atoms.